The SMILES string of the molecule is CC(C)N1CC2(CCN(C(=O)OC(C)(C)C)CC2)OC2(CC2)C1=O. The molecule has 2 heterocycles. The van der Waals surface area contributed by atoms with Crippen molar-refractivity contribution in [3.63, 3.8) is 0 Å². The first kappa shape index (κ1) is 17.5. The van der Waals surface area contributed by atoms with Crippen LogP contribution in [0.4, 0.5) is 4.79 Å². The van der Waals surface area contributed by atoms with E-state index in [1.165, 1.54) is 0 Å². The lowest BCUT2D eigenvalue weighted by Gasteiger charge is -2.51. The number of hydrogen-bond donors (Lipinski definition) is 0. The van der Waals surface area contributed by atoms with Crippen LogP contribution in [-0.2, 0) is 14.3 Å². The highest BCUT2D eigenvalue weighted by molar-refractivity contribution is 5.89. The lowest BCUT2D eigenvalue weighted by molar-refractivity contribution is -0.203. The Morgan fingerprint density at radius 2 is 1.75 bits per heavy atom. The number of nitrogens with zero attached hydrogens (tertiary/aromatic N) is 2. The van der Waals surface area contributed by atoms with E-state index in [1.54, 1.807) is 4.90 Å². The minimum absolute atomic E-state index is 0.151. The first-order valence-electron chi connectivity index (χ1n) is 9.05. The summed E-state index contributed by atoms with van der Waals surface area (Å²) in [6.45, 7) is 11.6. The summed E-state index contributed by atoms with van der Waals surface area (Å²) in [5, 5.41) is 0. The van der Waals surface area contributed by atoms with Gasteiger partial charge in [-0.15, -0.1) is 0 Å². The van der Waals surface area contributed by atoms with Crippen LogP contribution in [0.2, 0.25) is 0 Å². The molecule has 0 aromatic heterocycles. The molecule has 0 bridgehead atoms. The molecule has 6 heteroatoms. The second kappa shape index (κ2) is 5.61. The molecule has 0 atom stereocenters. The Labute approximate surface area is 144 Å². The van der Waals surface area contributed by atoms with Gasteiger partial charge in [-0.25, -0.2) is 4.79 Å². The average molecular weight is 338 g/mol. The monoisotopic (exact) mass is 338 g/mol. The first-order valence-corrected chi connectivity index (χ1v) is 9.05. The molecule has 2 saturated heterocycles. The van der Waals surface area contributed by atoms with E-state index in [0.717, 1.165) is 25.7 Å². The molecule has 1 aliphatic carbocycles. The highest BCUT2D eigenvalue weighted by atomic mass is 16.6. The average Bonchev–Trinajstić information content (AvgIpc) is 3.22. The van der Waals surface area contributed by atoms with Gasteiger partial charge in [0, 0.05) is 19.1 Å². The molecule has 2 spiro atoms. The van der Waals surface area contributed by atoms with Crippen LogP contribution in [0.25, 0.3) is 0 Å². The molecule has 24 heavy (non-hydrogen) atoms. The van der Waals surface area contributed by atoms with Gasteiger partial charge < -0.3 is 19.3 Å². The highest BCUT2D eigenvalue weighted by Crippen LogP contribution is 2.50. The quantitative estimate of drug-likeness (QED) is 0.737. The summed E-state index contributed by atoms with van der Waals surface area (Å²) in [6, 6.07) is 0.180. The molecule has 3 fully saturated rings. The van der Waals surface area contributed by atoms with Gasteiger partial charge >= 0.3 is 6.09 Å². The predicted molar refractivity (Wildman–Crippen MR) is 89.7 cm³/mol. The van der Waals surface area contributed by atoms with Gasteiger partial charge in [0.15, 0.2) is 0 Å². The maximum Gasteiger partial charge on any atom is 0.410 e. The van der Waals surface area contributed by atoms with Crippen LogP contribution >= 0.6 is 0 Å². The summed E-state index contributed by atoms with van der Waals surface area (Å²) in [6.07, 6.45) is 2.90. The van der Waals surface area contributed by atoms with Crippen molar-refractivity contribution >= 4 is 12.0 Å². The summed E-state index contributed by atoms with van der Waals surface area (Å²) in [4.78, 5) is 28.6. The molecular formula is C18H30N2O4. The summed E-state index contributed by atoms with van der Waals surface area (Å²) >= 11 is 0. The largest absolute Gasteiger partial charge is 0.444 e. The third kappa shape index (κ3) is 3.25. The van der Waals surface area contributed by atoms with Gasteiger partial charge in [0.05, 0.1) is 12.1 Å². The van der Waals surface area contributed by atoms with Crippen LogP contribution in [0.1, 0.15) is 60.3 Å². The molecule has 6 nitrogen and oxygen atoms in total. The van der Waals surface area contributed by atoms with E-state index in [1.807, 2.05) is 25.7 Å². The summed E-state index contributed by atoms with van der Waals surface area (Å²) < 4.78 is 11.8. The highest BCUT2D eigenvalue weighted by Gasteiger charge is 2.62. The zero-order valence-corrected chi connectivity index (χ0v) is 15.6. The van der Waals surface area contributed by atoms with Crippen molar-refractivity contribution in [3.8, 4) is 0 Å². The van der Waals surface area contributed by atoms with E-state index < -0.39 is 11.2 Å². The normalized spacial score (nSPS) is 25.5. The van der Waals surface area contributed by atoms with E-state index >= 15 is 0 Å². The second-order valence-electron chi connectivity index (χ2n) is 8.77. The Balaban J connectivity index is 1.66. The number of morpholine rings is 1. The van der Waals surface area contributed by atoms with Crippen molar-refractivity contribution in [1.82, 2.24) is 9.80 Å². The summed E-state index contributed by atoms with van der Waals surface area (Å²) in [5.41, 5.74) is -1.36. The summed E-state index contributed by atoms with van der Waals surface area (Å²) in [5.74, 6) is 0.151. The molecule has 2 amide bonds. The van der Waals surface area contributed by atoms with Crippen molar-refractivity contribution < 1.29 is 19.1 Å². The van der Waals surface area contributed by atoms with E-state index in [2.05, 4.69) is 13.8 Å². The smallest absolute Gasteiger partial charge is 0.410 e. The van der Waals surface area contributed by atoms with E-state index in [9.17, 15) is 9.59 Å². The topological polar surface area (TPSA) is 59.1 Å². The Bertz CT molecular complexity index is 526. The predicted octanol–water partition coefficient (Wildman–Crippen LogP) is 2.56. The molecule has 0 radical (unpaired) electrons. The van der Waals surface area contributed by atoms with Crippen LogP contribution in [-0.4, -0.2) is 64.3 Å². The van der Waals surface area contributed by atoms with Gasteiger partial charge in [0.2, 0.25) is 0 Å². The van der Waals surface area contributed by atoms with Gasteiger partial charge in [-0.2, -0.15) is 0 Å². The fraction of sp³-hybridized carbons (Fsp3) is 0.889. The van der Waals surface area contributed by atoms with Gasteiger partial charge in [-0.05, 0) is 60.3 Å². The van der Waals surface area contributed by atoms with Crippen molar-refractivity contribution in [2.45, 2.75) is 83.1 Å². The van der Waals surface area contributed by atoms with Crippen LogP contribution in [0.3, 0.4) is 0 Å². The molecule has 3 rings (SSSR count). The van der Waals surface area contributed by atoms with Gasteiger partial charge in [0.25, 0.3) is 5.91 Å². The maximum absolute atomic E-state index is 12.6. The Kier molecular flexibility index (Phi) is 4.10. The minimum Gasteiger partial charge on any atom is -0.444 e. The fourth-order valence-electron chi connectivity index (χ4n) is 3.66. The number of piperidine rings is 1. The van der Waals surface area contributed by atoms with Gasteiger partial charge in [-0.3, -0.25) is 4.79 Å². The molecule has 0 aromatic rings. The zero-order valence-electron chi connectivity index (χ0n) is 15.6. The second-order valence-corrected chi connectivity index (χ2v) is 8.77. The van der Waals surface area contributed by atoms with Crippen molar-refractivity contribution in [3.05, 3.63) is 0 Å². The van der Waals surface area contributed by atoms with Gasteiger partial charge in [0.1, 0.15) is 11.2 Å². The molecule has 2 aliphatic heterocycles. The first-order chi connectivity index (χ1) is 11.1. The van der Waals surface area contributed by atoms with Crippen LogP contribution in [0.5, 0.6) is 0 Å². The number of carbonyl (C=O) groups is 2. The van der Waals surface area contributed by atoms with Crippen molar-refractivity contribution in [1.29, 1.82) is 0 Å². The number of carbonyl (C=O) groups excluding carboxylic acids is 2. The third-order valence-electron chi connectivity index (χ3n) is 5.17. The molecule has 0 N–H and O–H groups in total. The third-order valence-corrected chi connectivity index (χ3v) is 5.17. The lowest BCUT2D eigenvalue weighted by Crippen LogP contribution is -2.64. The van der Waals surface area contributed by atoms with Crippen molar-refractivity contribution in [2.75, 3.05) is 19.6 Å². The Morgan fingerprint density at radius 1 is 1.17 bits per heavy atom. The Hall–Kier alpha value is -1.30. The van der Waals surface area contributed by atoms with E-state index in [0.29, 0.717) is 19.6 Å². The number of hydrogen-bond acceptors (Lipinski definition) is 4. The van der Waals surface area contributed by atoms with Crippen molar-refractivity contribution in [2.24, 2.45) is 0 Å². The number of ether oxygens (including phenoxy) is 2. The number of amides is 2. The minimum atomic E-state index is -0.573. The molecule has 0 unspecified atom stereocenters. The van der Waals surface area contributed by atoms with Crippen LogP contribution in [0.15, 0.2) is 0 Å². The van der Waals surface area contributed by atoms with E-state index in [4.69, 9.17) is 9.47 Å². The number of rotatable bonds is 1. The molecule has 1 saturated carbocycles. The lowest BCUT2D eigenvalue weighted by atomic mass is 9.87. The van der Waals surface area contributed by atoms with Crippen LogP contribution in [0, 0.1) is 0 Å². The molecular weight excluding hydrogens is 308 g/mol. The van der Waals surface area contributed by atoms with Gasteiger partial charge in [-0.1, -0.05) is 0 Å². The summed E-state index contributed by atoms with van der Waals surface area (Å²) in [7, 11) is 0. The maximum atomic E-state index is 12.6. The van der Waals surface area contributed by atoms with Crippen LogP contribution < -0.4 is 0 Å². The molecule has 3 aliphatic rings. The standard InChI is InChI=1S/C18H30N2O4/c1-13(2)20-12-17(24-18(6-7-18)14(20)21)8-10-19(11-9-17)15(22)23-16(3,4)5/h13H,6-12H2,1-5H3. The fourth-order valence-corrected chi connectivity index (χ4v) is 3.66. The molecule has 0 aromatic carbocycles. The zero-order chi connectivity index (χ0) is 17.8. The molecule has 136 valence electrons. The number of likely N-dealkylation sites (tertiary alicyclic amines) is 1. The Morgan fingerprint density at radius 3 is 2.21 bits per heavy atom. The van der Waals surface area contributed by atoms with E-state index in [-0.39, 0.29) is 23.6 Å².